The van der Waals surface area contributed by atoms with Crippen LogP contribution in [0, 0.1) is 0 Å². The van der Waals surface area contributed by atoms with Crippen LogP contribution in [0.25, 0.3) is 11.3 Å². The molecule has 76 valence electrons. The predicted molar refractivity (Wildman–Crippen MR) is 53.2 cm³/mol. The summed E-state index contributed by atoms with van der Waals surface area (Å²) in [5.74, 6) is -1.12. The van der Waals surface area contributed by atoms with Gasteiger partial charge in [-0.25, -0.2) is 4.79 Å². The van der Waals surface area contributed by atoms with E-state index in [0.717, 1.165) is 0 Å². The van der Waals surface area contributed by atoms with E-state index < -0.39 is 5.97 Å². The number of hydrogen-bond acceptors (Lipinski definition) is 4. The molecule has 0 radical (unpaired) electrons. The molecule has 0 aliphatic rings. The Balaban J connectivity index is 2.59. The van der Waals surface area contributed by atoms with Crippen molar-refractivity contribution < 1.29 is 9.90 Å². The van der Waals surface area contributed by atoms with Crippen LogP contribution < -0.4 is 5.73 Å². The fraction of sp³-hybridized carbons (Fsp3) is 0. The first-order chi connectivity index (χ1) is 7.20. The zero-order valence-corrected chi connectivity index (χ0v) is 7.64. The summed E-state index contributed by atoms with van der Waals surface area (Å²) in [6.07, 6.45) is 3.13. The lowest BCUT2D eigenvalue weighted by molar-refractivity contribution is 0.0699. The van der Waals surface area contributed by atoms with Gasteiger partial charge >= 0.3 is 5.97 Å². The molecule has 0 atom stereocenters. The van der Waals surface area contributed by atoms with Crippen LogP contribution >= 0.6 is 0 Å². The Morgan fingerprint density at radius 3 is 2.67 bits per heavy atom. The van der Waals surface area contributed by atoms with E-state index in [-0.39, 0.29) is 11.4 Å². The van der Waals surface area contributed by atoms with Crippen molar-refractivity contribution in [2.24, 2.45) is 0 Å². The Morgan fingerprint density at radius 2 is 2.07 bits per heavy atom. The number of aromatic nitrogens is 3. The highest BCUT2D eigenvalue weighted by Gasteiger charge is 2.18. The number of carbonyl (C=O) groups is 1. The summed E-state index contributed by atoms with van der Waals surface area (Å²) in [6, 6.07) is 3.36. The first-order valence-electron chi connectivity index (χ1n) is 4.17. The minimum Gasteiger partial charge on any atom is -0.477 e. The van der Waals surface area contributed by atoms with E-state index in [1.54, 1.807) is 24.5 Å². The maximum atomic E-state index is 10.9. The lowest BCUT2D eigenvalue weighted by atomic mass is 10.1. The van der Waals surface area contributed by atoms with E-state index in [9.17, 15) is 4.79 Å². The number of nitrogens with two attached hydrogens (primary N) is 1. The topological polar surface area (TPSA) is 105 Å². The van der Waals surface area contributed by atoms with Gasteiger partial charge in [0.05, 0.1) is 5.69 Å². The van der Waals surface area contributed by atoms with E-state index in [4.69, 9.17) is 10.8 Å². The molecule has 0 aliphatic carbocycles. The Labute approximate surface area is 84.8 Å². The van der Waals surface area contributed by atoms with Crippen LogP contribution in [0.15, 0.2) is 24.5 Å². The average molecular weight is 204 g/mol. The molecule has 0 unspecified atom stereocenters. The molecule has 0 bridgehead atoms. The number of nitrogens with zero attached hydrogens (tertiary/aromatic N) is 2. The van der Waals surface area contributed by atoms with Crippen molar-refractivity contribution in [3.63, 3.8) is 0 Å². The van der Waals surface area contributed by atoms with Crippen LogP contribution in [0.1, 0.15) is 10.4 Å². The molecule has 0 fully saturated rings. The molecule has 0 spiro atoms. The van der Waals surface area contributed by atoms with Crippen molar-refractivity contribution >= 4 is 11.8 Å². The lowest BCUT2D eigenvalue weighted by Gasteiger charge is -1.98. The third kappa shape index (κ3) is 1.52. The number of carboxylic acid groups (broad SMARTS) is 1. The number of nitrogen functional groups attached to an aromatic ring is 1. The Hall–Kier alpha value is -2.37. The number of carboxylic acids is 1. The number of aromatic carboxylic acids is 1. The molecule has 0 aromatic carbocycles. The third-order valence-corrected chi connectivity index (χ3v) is 1.98. The Bertz CT molecular complexity index is 492. The number of anilines is 1. The van der Waals surface area contributed by atoms with E-state index in [1.165, 1.54) is 0 Å². The first-order valence-corrected chi connectivity index (χ1v) is 4.17. The molecular formula is C9H8N4O2. The van der Waals surface area contributed by atoms with Gasteiger partial charge in [0.25, 0.3) is 0 Å². The van der Waals surface area contributed by atoms with Gasteiger partial charge < -0.3 is 10.8 Å². The highest BCUT2D eigenvalue weighted by molar-refractivity contribution is 5.99. The number of aromatic amines is 1. The zero-order valence-electron chi connectivity index (χ0n) is 7.64. The van der Waals surface area contributed by atoms with Crippen LogP contribution in [0.5, 0.6) is 0 Å². The second-order valence-corrected chi connectivity index (χ2v) is 2.90. The molecule has 6 heteroatoms. The SMILES string of the molecule is Nc1n[nH]c(-c2ccncc2)c1C(=O)O. The normalized spacial score (nSPS) is 10.1. The Kier molecular flexibility index (Phi) is 2.09. The molecule has 15 heavy (non-hydrogen) atoms. The molecular weight excluding hydrogens is 196 g/mol. The van der Waals surface area contributed by atoms with Gasteiger partial charge in [0.2, 0.25) is 0 Å². The number of H-pyrrole nitrogens is 1. The number of hydrogen-bond donors (Lipinski definition) is 3. The monoisotopic (exact) mass is 204 g/mol. The summed E-state index contributed by atoms with van der Waals surface area (Å²) >= 11 is 0. The number of nitrogens with one attached hydrogen (secondary N) is 1. The van der Waals surface area contributed by atoms with Crippen LogP contribution in [-0.2, 0) is 0 Å². The summed E-state index contributed by atoms with van der Waals surface area (Å²) in [7, 11) is 0. The minimum absolute atomic E-state index is 0.0128. The van der Waals surface area contributed by atoms with E-state index in [0.29, 0.717) is 11.3 Å². The van der Waals surface area contributed by atoms with Crippen molar-refractivity contribution in [2.75, 3.05) is 5.73 Å². The van der Waals surface area contributed by atoms with E-state index in [2.05, 4.69) is 15.2 Å². The van der Waals surface area contributed by atoms with Crippen LogP contribution in [0.3, 0.4) is 0 Å². The first kappa shape index (κ1) is 9.20. The second kappa shape index (κ2) is 3.41. The summed E-state index contributed by atoms with van der Waals surface area (Å²) in [5.41, 5.74) is 6.51. The summed E-state index contributed by atoms with van der Waals surface area (Å²) in [5, 5.41) is 15.2. The molecule has 0 saturated carbocycles. The third-order valence-electron chi connectivity index (χ3n) is 1.98. The lowest BCUT2D eigenvalue weighted by Crippen LogP contribution is -2.01. The van der Waals surface area contributed by atoms with Crippen LogP contribution in [-0.4, -0.2) is 26.3 Å². The summed E-state index contributed by atoms with van der Waals surface area (Å²) in [4.78, 5) is 14.8. The molecule has 2 rings (SSSR count). The molecule has 2 aromatic heterocycles. The maximum Gasteiger partial charge on any atom is 0.341 e. The average Bonchev–Trinajstić information content (AvgIpc) is 2.61. The quantitative estimate of drug-likeness (QED) is 0.669. The van der Waals surface area contributed by atoms with Crippen molar-refractivity contribution in [3.05, 3.63) is 30.1 Å². The highest BCUT2D eigenvalue weighted by atomic mass is 16.4. The van der Waals surface area contributed by atoms with Crippen LogP contribution in [0.2, 0.25) is 0 Å². The number of rotatable bonds is 2. The van der Waals surface area contributed by atoms with Crippen molar-refractivity contribution in [1.29, 1.82) is 0 Å². The number of pyridine rings is 1. The maximum absolute atomic E-state index is 10.9. The van der Waals surface area contributed by atoms with Crippen molar-refractivity contribution in [2.45, 2.75) is 0 Å². The minimum atomic E-state index is -1.10. The predicted octanol–water partition coefficient (Wildman–Crippen LogP) is 0.752. The van der Waals surface area contributed by atoms with E-state index in [1.807, 2.05) is 0 Å². The largest absolute Gasteiger partial charge is 0.477 e. The van der Waals surface area contributed by atoms with Gasteiger partial charge in [0.15, 0.2) is 5.82 Å². The van der Waals surface area contributed by atoms with E-state index >= 15 is 0 Å². The molecule has 6 nitrogen and oxygen atoms in total. The summed E-state index contributed by atoms with van der Waals surface area (Å²) < 4.78 is 0. The Morgan fingerprint density at radius 1 is 1.40 bits per heavy atom. The van der Waals surface area contributed by atoms with Gasteiger partial charge in [-0.1, -0.05) is 0 Å². The smallest absolute Gasteiger partial charge is 0.341 e. The zero-order chi connectivity index (χ0) is 10.8. The van der Waals surface area contributed by atoms with Gasteiger partial charge in [-0.05, 0) is 12.1 Å². The fourth-order valence-electron chi connectivity index (χ4n) is 1.30. The molecule has 2 aromatic rings. The molecule has 0 saturated heterocycles. The highest BCUT2D eigenvalue weighted by Crippen LogP contribution is 2.24. The van der Waals surface area contributed by atoms with Gasteiger partial charge in [0.1, 0.15) is 5.56 Å². The standard InChI is InChI=1S/C9H8N4O2/c10-8-6(9(14)15)7(12-13-8)5-1-3-11-4-2-5/h1-4H,(H,14,15)(H3,10,12,13). The van der Waals surface area contributed by atoms with Crippen molar-refractivity contribution in [3.8, 4) is 11.3 Å². The van der Waals surface area contributed by atoms with Gasteiger partial charge in [0, 0.05) is 18.0 Å². The summed E-state index contributed by atoms with van der Waals surface area (Å²) in [6.45, 7) is 0. The van der Waals surface area contributed by atoms with Crippen LogP contribution in [0.4, 0.5) is 5.82 Å². The van der Waals surface area contributed by atoms with Gasteiger partial charge in [-0.15, -0.1) is 0 Å². The van der Waals surface area contributed by atoms with Gasteiger partial charge in [-0.3, -0.25) is 10.1 Å². The molecule has 2 heterocycles. The second-order valence-electron chi connectivity index (χ2n) is 2.90. The van der Waals surface area contributed by atoms with Crippen molar-refractivity contribution in [1.82, 2.24) is 15.2 Å². The fourth-order valence-corrected chi connectivity index (χ4v) is 1.30. The molecule has 0 aliphatic heterocycles. The van der Waals surface area contributed by atoms with Gasteiger partial charge in [-0.2, -0.15) is 5.10 Å². The molecule has 0 amide bonds. The molecule has 4 N–H and O–H groups in total.